The summed E-state index contributed by atoms with van der Waals surface area (Å²) < 4.78 is 0. The predicted octanol–water partition coefficient (Wildman–Crippen LogP) is 4.05. The molecule has 0 spiro atoms. The zero-order valence-electron chi connectivity index (χ0n) is 10.4. The van der Waals surface area contributed by atoms with E-state index in [1.807, 2.05) is 6.08 Å². The lowest BCUT2D eigenvalue weighted by Gasteiger charge is -2.32. The molecule has 1 nitrogen and oxygen atoms in total. The quantitative estimate of drug-likeness (QED) is 0.637. The monoisotopic (exact) mass is 206 g/mol. The molecule has 1 heteroatoms. The van der Waals surface area contributed by atoms with Crippen LogP contribution in [0.4, 0.5) is 0 Å². The number of hydrogen-bond acceptors (Lipinski definition) is 1. The summed E-state index contributed by atoms with van der Waals surface area (Å²) in [6.45, 7) is 8.52. The Morgan fingerprint density at radius 2 is 2.13 bits per heavy atom. The van der Waals surface area contributed by atoms with Crippen molar-refractivity contribution >= 4 is 5.78 Å². The van der Waals surface area contributed by atoms with E-state index >= 15 is 0 Å². The second kappa shape index (κ2) is 4.78. The van der Waals surface area contributed by atoms with Gasteiger partial charge in [0.15, 0.2) is 5.78 Å². The van der Waals surface area contributed by atoms with Gasteiger partial charge in [-0.3, -0.25) is 4.79 Å². The first-order valence-corrected chi connectivity index (χ1v) is 5.90. The first-order valence-electron chi connectivity index (χ1n) is 5.90. The van der Waals surface area contributed by atoms with Gasteiger partial charge in [0, 0.05) is 5.57 Å². The van der Waals surface area contributed by atoms with Gasteiger partial charge in [-0.2, -0.15) is 0 Å². The molecule has 1 rings (SSSR count). The number of ketones is 1. The molecule has 0 heterocycles. The Hall–Kier alpha value is -0.850. The molecule has 1 aliphatic carbocycles. The van der Waals surface area contributed by atoms with Crippen molar-refractivity contribution in [2.75, 3.05) is 0 Å². The normalized spacial score (nSPS) is 21.1. The van der Waals surface area contributed by atoms with Crippen molar-refractivity contribution in [3.63, 3.8) is 0 Å². The molecule has 1 aliphatic rings. The maximum Gasteiger partial charge on any atom is 0.181 e. The SMILES string of the molecule is CCC=CC(=O)C1=C(C)CCCC1(C)C. The lowest BCUT2D eigenvalue weighted by Crippen LogP contribution is -2.25. The smallest absolute Gasteiger partial charge is 0.181 e. The van der Waals surface area contributed by atoms with Crippen molar-refractivity contribution in [3.8, 4) is 0 Å². The first kappa shape index (κ1) is 12.2. The third kappa shape index (κ3) is 2.80. The summed E-state index contributed by atoms with van der Waals surface area (Å²) in [6.07, 6.45) is 8.06. The van der Waals surface area contributed by atoms with Crippen LogP contribution in [0.5, 0.6) is 0 Å². The topological polar surface area (TPSA) is 17.1 Å². The molecule has 0 saturated heterocycles. The number of carbonyl (C=O) groups excluding carboxylic acids is 1. The highest BCUT2D eigenvalue weighted by Crippen LogP contribution is 2.40. The third-order valence-electron chi connectivity index (χ3n) is 3.21. The summed E-state index contributed by atoms with van der Waals surface area (Å²) in [7, 11) is 0. The van der Waals surface area contributed by atoms with E-state index in [0.29, 0.717) is 0 Å². The molecule has 0 fully saturated rings. The van der Waals surface area contributed by atoms with Gasteiger partial charge in [-0.25, -0.2) is 0 Å². The highest BCUT2D eigenvalue weighted by Gasteiger charge is 2.31. The van der Waals surface area contributed by atoms with E-state index in [0.717, 1.165) is 24.8 Å². The van der Waals surface area contributed by atoms with Gasteiger partial charge in [0.2, 0.25) is 0 Å². The number of rotatable bonds is 3. The number of hydrogen-bond donors (Lipinski definition) is 0. The molecular formula is C14H22O. The first-order chi connectivity index (χ1) is 6.99. The van der Waals surface area contributed by atoms with Crippen molar-refractivity contribution in [2.45, 2.75) is 53.4 Å². The van der Waals surface area contributed by atoms with Crippen LogP contribution in [0.25, 0.3) is 0 Å². The Morgan fingerprint density at radius 1 is 1.47 bits per heavy atom. The molecule has 0 aromatic carbocycles. The van der Waals surface area contributed by atoms with E-state index in [-0.39, 0.29) is 11.2 Å². The van der Waals surface area contributed by atoms with Crippen molar-refractivity contribution in [1.82, 2.24) is 0 Å². The average Bonchev–Trinajstić information content (AvgIpc) is 2.13. The summed E-state index contributed by atoms with van der Waals surface area (Å²) in [4.78, 5) is 12.0. The van der Waals surface area contributed by atoms with Crippen LogP contribution in [0, 0.1) is 5.41 Å². The Labute approximate surface area is 93.3 Å². The van der Waals surface area contributed by atoms with Gasteiger partial charge in [0.1, 0.15) is 0 Å². The molecule has 0 aromatic rings. The zero-order valence-corrected chi connectivity index (χ0v) is 10.4. The second-order valence-electron chi connectivity index (χ2n) is 5.07. The summed E-state index contributed by atoms with van der Waals surface area (Å²) in [6, 6.07) is 0. The van der Waals surface area contributed by atoms with Crippen molar-refractivity contribution in [3.05, 3.63) is 23.3 Å². The summed E-state index contributed by atoms with van der Waals surface area (Å²) in [5.74, 6) is 0.221. The molecule has 0 saturated carbocycles. The molecule has 84 valence electrons. The molecule has 0 N–H and O–H groups in total. The Kier molecular flexibility index (Phi) is 3.90. The zero-order chi connectivity index (χ0) is 11.5. The van der Waals surface area contributed by atoms with Crippen LogP contribution < -0.4 is 0 Å². The van der Waals surface area contributed by atoms with E-state index in [4.69, 9.17) is 0 Å². The lowest BCUT2D eigenvalue weighted by atomic mass is 9.71. The van der Waals surface area contributed by atoms with Gasteiger partial charge < -0.3 is 0 Å². The van der Waals surface area contributed by atoms with E-state index in [9.17, 15) is 4.79 Å². The summed E-state index contributed by atoms with van der Waals surface area (Å²) in [5, 5.41) is 0. The summed E-state index contributed by atoms with van der Waals surface area (Å²) in [5.41, 5.74) is 2.41. The largest absolute Gasteiger partial charge is 0.290 e. The molecule has 0 bridgehead atoms. The van der Waals surface area contributed by atoms with Gasteiger partial charge in [-0.1, -0.05) is 32.4 Å². The van der Waals surface area contributed by atoms with E-state index in [2.05, 4.69) is 27.7 Å². The van der Waals surface area contributed by atoms with Crippen LogP contribution in [0.1, 0.15) is 53.4 Å². The number of carbonyl (C=O) groups is 1. The standard InChI is InChI=1S/C14H22O/c1-5-6-9-12(15)13-11(2)8-7-10-14(13,3)4/h6,9H,5,7-8,10H2,1-4H3. The molecule has 0 amide bonds. The molecule has 0 unspecified atom stereocenters. The van der Waals surface area contributed by atoms with Crippen LogP contribution in [0.3, 0.4) is 0 Å². The fraction of sp³-hybridized carbons (Fsp3) is 0.643. The highest BCUT2D eigenvalue weighted by atomic mass is 16.1. The van der Waals surface area contributed by atoms with Crippen LogP contribution in [-0.2, 0) is 4.79 Å². The molecule has 15 heavy (non-hydrogen) atoms. The van der Waals surface area contributed by atoms with Crippen molar-refractivity contribution in [2.24, 2.45) is 5.41 Å². The van der Waals surface area contributed by atoms with Crippen LogP contribution in [-0.4, -0.2) is 5.78 Å². The maximum atomic E-state index is 12.0. The predicted molar refractivity (Wildman–Crippen MR) is 64.8 cm³/mol. The molecule has 0 atom stereocenters. The fourth-order valence-electron chi connectivity index (χ4n) is 2.48. The van der Waals surface area contributed by atoms with E-state index < -0.39 is 0 Å². The Balaban J connectivity index is 2.98. The van der Waals surface area contributed by atoms with E-state index in [1.165, 1.54) is 12.0 Å². The minimum atomic E-state index is 0.0670. The third-order valence-corrected chi connectivity index (χ3v) is 3.21. The molecule has 0 aromatic heterocycles. The van der Waals surface area contributed by atoms with Gasteiger partial charge >= 0.3 is 0 Å². The Morgan fingerprint density at radius 3 is 2.67 bits per heavy atom. The van der Waals surface area contributed by atoms with Crippen molar-refractivity contribution in [1.29, 1.82) is 0 Å². The summed E-state index contributed by atoms with van der Waals surface area (Å²) >= 11 is 0. The molecule has 0 aliphatic heterocycles. The average molecular weight is 206 g/mol. The van der Waals surface area contributed by atoms with E-state index in [1.54, 1.807) is 6.08 Å². The van der Waals surface area contributed by atoms with Crippen LogP contribution in [0.15, 0.2) is 23.3 Å². The van der Waals surface area contributed by atoms with Crippen molar-refractivity contribution < 1.29 is 4.79 Å². The van der Waals surface area contributed by atoms with Gasteiger partial charge in [0.25, 0.3) is 0 Å². The molecule has 0 radical (unpaired) electrons. The maximum absolute atomic E-state index is 12.0. The number of allylic oxidation sites excluding steroid dienone is 4. The van der Waals surface area contributed by atoms with Gasteiger partial charge in [-0.15, -0.1) is 0 Å². The minimum absolute atomic E-state index is 0.0670. The Bertz CT molecular complexity index is 305. The highest BCUT2D eigenvalue weighted by molar-refractivity contribution is 6.05. The minimum Gasteiger partial charge on any atom is -0.290 e. The second-order valence-corrected chi connectivity index (χ2v) is 5.07. The van der Waals surface area contributed by atoms with Crippen LogP contribution >= 0.6 is 0 Å². The van der Waals surface area contributed by atoms with Gasteiger partial charge in [0.05, 0.1) is 0 Å². The van der Waals surface area contributed by atoms with Gasteiger partial charge in [-0.05, 0) is 44.1 Å². The molecular weight excluding hydrogens is 184 g/mol. The van der Waals surface area contributed by atoms with Crippen LogP contribution in [0.2, 0.25) is 0 Å². The fourth-order valence-corrected chi connectivity index (χ4v) is 2.48. The lowest BCUT2D eigenvalue weighted by molar-refractivity contribution is -0.112.